The summed E-state index contributed by atoms with van der Waals surface area (Å²) in [6.07, 6.45) is 0.993. The second-order valence-corrected chi connectivity index (χ2v) is 4.22. The van der Waals surface area contributed by atoms with Gasteiger partial charge in [-0.05, 0) is 6.42 Å². The van der Waals surface area contributed by atoms with Crippen molar-refractivity contribution < 1.29 is 4.74 Å². The first kappa shape index (κ1) is 10.9. The molecular formula is C9H11Cl2N3O. The second-order valence-electron chi connectivity index (χ2n) is 3.47. The number of nitrogens with zero attached hydrogens (tertiary/aromatic N) is 3. The first-order valence-corrected chi connectivity index (χ1v) is 5.43. The highest BCUT2D eigenvalue weighted by molar-refractivity contribution is 6.33. The Bertz CT molecular complexity index is 355. The zero-order valence-corrected chi connectivity index (χ0v) is 9.79. The van der Waals surface area contributed by atoms with Crippen LogP contribution in [0.2, 0.25) is 10.3 Å². The van der Waals surface area contributed by atoms with E-state index in [9.17, 15) is 0 Å². The number of hydrogen-bond acceptors (Lipinski definition) is 4. The molecule has 15 heavy (non-hydrogen) atoms. The molecular weight excluding hydrogens is 237 g/mol. The lowest BCUT2D eigenvalue weighted by atomic mass is 10.2. The van der Waals surface area contributed by atoms with Crippen molar-refractivity contribution in [3.63, 3.8) is 0 Å². The summed E-state index contributed by atoms with van der Waals surface area (Å²) in [5.41, 5.74) is 0.798. The van der Waals surface area contributed by atoms with Gasteiger partial charge in [0.2, 0.25) is 0 Å². The standard InChI is InChI=1S/C9H11Cl2N3O/c1-14(6-2-3-15-5-6)7-4-8(10)12-13-9(7)11/h4,6H,2-3,5H2,1H3. The van der Waals surface area contributed by atoms with E-state index in [1.54, 1.807) is 6.07 Å². The third kappa shape index (κ3) is 2.33. The zero-order valence-electron chi connectivity index (χ0n) is 8.28. The number of ether oxygens (including phenoxy) is 1. The van der Waals surface area contributed by atoms with Gasteiger partial charge in [0.05, 0.1) is 18.3 Å². The van der Waals surface area contributed by atoms with Gasteiger partial charge in [0.1, 0.15) is 0 Å². The second kappa shape index (κ2) is 4.51. The SMILES string of the molecule is CN(c1cc(Cl)nnc1Cl)C1CCOC1. The highest BCUT2D eigenvalue weighted by atomic mass is 35.5. The number of hydrogen-bond donors (Lipinski definition) is 0. The Morgan fingerprint density at radius 3 is 2.93 bits per heavy atom. The molecule has 4 nitrogen and oxygen atoms in total. The summed E-state index contributed by atoms with van der Waals surface area (Å²) in [5.74, 6) is 0. The van der Waals surface area contributed by atoms with E-state index < -0.39 is 0 Å². The minimum Gasteiger partial charge on any atom is -0.379 e. The number of halogens is 2. The summed E-state index contributed by atoms with van der Waals surface area (Å²) in [4.78, 5) is 2.04. The van der Waals surface area contributed by atoms with E-state index >= 15 is 0 Å². The molecule has 1 unspecified atom stereocenters. The van der Waals surface area contributed by atoms with Gasteiger partial charge < -0.3 is 9.64 Å². The Morgan fingerprint density at radius 2 is 2.27 bits per heavy atom. The van der Waals surface area contributed by atoms with Crippen LogP contribution in [0.25, 0.3) is 0 Å². The number of likely N-dealkylation sites (N-methyl/N-ethyl adjacent to an activating group) is 1. The molecule has 0 N–H and O–H groups in total. The Labute approximate surface area is 98.1 Å². The summed E-state index contributed by atoms with van der Waals surface area (Å²) in [6.45, 7) is 1.51. The average Bonchev–Trinajstić information content (AvgIpc) is 2.74. The van der Waals surface area contributed by atoms with E-state index in [0.717, 1.165) is 18.7 Å². The van der Waals surface area contributed by atoms with E-state index in [-0.39, 0.29) is 0 Å². The minimum atomic E-state index is 0.336. The van der Waals surface area contributed by atoms with Gasteiger partial charge in [-0.2, -0.15) is 0 Å². The Kier molecular flexibility index (Phi) is 3.29. The molecule has 0 bridgehead atoms. The molecule has 1 aromatic rings. The molecule has 0 spiro atoms. The molecule has 1 aromatic heterocycles. The quantitative estimate of drug-likeness (QED) is 0.802. The number of rotatable bonds is 2. The average molecular weight is 248 g/mol. The van der Waals surface area contributed by atoms with E-state index in [0.29, 0.717) is 23.0 Å². The topological polar surface area (TPSA) is 38.2 Å². The maximum atomic E-state index is 5.95. The fourth-order valence-corrected chi connectivity index (χ4v) is 1.98. The van der Waals surface area contributed by atoms with Crippen LogP contribution in [0.4, 0.5) is 5.69 Å². The van der Waals surface area contributed by atoms with Crippen LogP contribution in [0, 0.1) is 0 Å². The maximum Gasteiger partial charge on any atom is 0.175 e. The van der Waals surface area contributed by atoms with Crippen molar-refractivity contribution >= 4 is 28.9 Å². The summed E-state index contributed by atoms with van der Waals surface area (Å²) in [5, 5.41) is 8.16. The van der Waals surface area contributed by atoms with E-state index in [1.807, 2.05) is 11.9 Å². The van der Waals surface area contributed by atoms with Crippen LogP contribution in [0.15, 0.2) is 6.07 Å². The van der Waals surface area contributed by atoms with Crippen molar-refractivity contribution in [2.24, 2.45) is 0 Å². The first-order chi connectivity index (χ1) is 7.18. The van der Waals surface area contributed by atoms with Crippen LogP contribution in [0.5, 0.6) is 0 Å². The molecule has 0 saturated carbocycles. The normalized spacial score (nSPS) is 20.6. The molecule has 2 rings (SSSR count). The number of anilines is 1. The molecule has 0 aromatic carbocycles. The first-order valence-electron chi connectivity index (χ1n) is 4.68. The van der Waals surface area contributed by atoms with Gasteiger partial charge in [-0.1, -0.05) is 23.2 Å². The van der Waals surface area contributed by atoms with Crippen LogP contribution in [0.3, 0.4) is 0 Å². The maximum absolute atomic E-state index is 5.95. The van der Waals surface area contributed by atoms with E-state index in [2.05, 4.69) is 10.2 Å². The van der Waals surface area contributed by atoms with Gasteiger partial charge in [-0.15, -0.1) is 10.2 Å². The zero-order chi connectivity index (χ0) is 10.8. The van der Waals surface area contributed by atoms with Crippen molar-refractivity contribution in [1.82, 2.24) is 10.2 Å². The van der Waals surface area contributed by atoms with Crippen LogP contribution in [0.1, 0.15) is 6.42 Å². The Morgan fingerprint density at radius 1 is 1.47 bits per heavy atom. The van der Waals surface area contributed by atoms with Gasteiger partial charge in [0.15, 0.2) is 10.3 Å². The summed E-state index contributed by atoms with van der Waals surface area (Å²) in [7, 11) is 1.96. The smallest absolute Gasteiger partial charge is 0.175 e. The fraction of sp³-hybridized carbons (Fsp3) is 0.556. The van der Waals surface area contributed by atoms with E-state index in [1.165, 1.54) is 0 Å². The van der Waals surface area contributed by atoms with Crippen molar-refractivity contribution in [2.75, 3.05) is 25.2 Å². The lowest BCUT2D eigenvalue weighted by molar-refractivity contribution is 0.193. The molecule has 1 fully saturated rings. The molecule has 0 radical (unpaired) electrons. The summed E-state index contributed by atoms with van der Waals surface area (Å²) >= 11 is 11.7. The predicted octanol–water partition coefficient (Wildman–Crippen LogP) is 2.01. The molecule has 82 valence electrons. The third-order valence-corrected chi connectivity index (χ3v) is 2.99. The molecule has 0 aliphatic carbocycles. The molecule has 1 aliphatic rings. The molecule has 6 heteroatoms. The summed E-state index contributed by atoms with van der Waals surface area (Å²) in [6, 6.07) is 2.05. The Hall–Kier alpha value is -0.580. The molecule has 1 aliphatic heterocycles. The van der Waals surface area contributed by atoms with Crippen molar-refractivity contribution in [3.8, 4) is 0 Å². The number of aromatic nitrogens is 2. The van der Waals surface area contributed by atoms with Crippen LogP contribution < -0.4 is 4.90 Å². The molecule has 2 heterocycles. The largest absolute Gasteiger partial charge is 0.379 e. The van der Waals surface area contributed by atoms with Crippen LogP contribution in [-0.4, -0.2) is 36.5 Å². The Balaban J connectivity index is 2.23. The predicted molar refractivity (Wildman–Crippen MR) is 59.7 cm³/mol. The fourth-order valence-electron chi connectivity index (χ4n) is 1.62. The van der Waals surface area contributed by atoms with E-state index in [4.69, 9.17) is 27.9 Å². The van der Waals surface area contributed by atoms with Gasteiger partial charge in [0.25, 0.3) is 0 Å². The molecule has 0 amide bonds. The highest BCUT2D eigenvalue weighted by Crippen LogP contribution is 2.27. The monoisotopic (exact) mass is 247 g/mol. The highest BCUT2D eigenvalue weighted by Gasteiger charge is 2.22. The third-order valence-electron chi connectivity index (χ3n) is 2.53. The van der Waals surface area contributed by atoms with Gasteiger partial charge >= 0.3 is 0 Å². The van der Waals surface area contributed by atoms with Crippen molar-refractivity contribution in [3.05, 3.63) is 16.4 Å². The van der Waals surface area contributed by atoms with Crippen molar-refractivity contribution in [1.29, 1.82) is 0 Å². The van der Waals surface area contributed by atoms with Crippen LogP contribution in [-0.2, 0) is 4.74 Å². The summed E-state index contributed by atoms with van der Waals surface area (Å²) < 4.78 is 5.32. The lowest BCUT2D eigenvalue weighted by Crippen LogP contribution is -2.32. The lowest BCUT2D eigenvalue weighted by Gasteiger charge is -2.25. The van der Waals surface area contributed by atoms with Gasteiger partial charge in [0, 0.05) is 19.7 Å². The molecule has 1 saturated heterocycles. The molecule has 1 atom stereocenters. The van der Waals surface area contributed by atoms with Gasteiger partial charge in [-0.25, -0.2) is 0 Å². The van der Waals surface area contributed by atoms with Crippen LogP contribution >= 0.6 is 23.2 Å². The minimum absolute atomic E-state index is 0.336. The van der Waals surface area contributed by atoms with Crippen molar-refractivity contribution in [2.45, 2.75) is 12.5 Å². The van der Waals surface area contributed by atoms with Gasteiger partial charge in [-0.3, -0.25) is 0 Å².